The van der Waals surface area contributed by atoms with Gasteiger partial charge in [-0.2, -0.15) is 5.10 Å². The summed E-state index contributed by atoms with van der Waals surface area (Å²) in [6, 6.07) is 0. The lowest BCUT2D eigenvalue weighted by molar-refractivity contribution is 0.0496. The maximum absolute atomic E-state index is 11.8. The fourth-order valence-electron chi connectivity index (χ4n) is 2.24. The van der Waals surface area contributed by atoms with Gasteiger partial charge in [0.05, 0.1) is 12.8 Å². The van der Waals surface area contributed by atoms with Crippen molar-refractivity contribution in [2.75, 3.05) is 6.61 Å². The van der Waals surface area contributed by atoms with Gasteiger partial charge in [-0.1, -0.05) is 58.8 Å². The summed E-state index contributed by atoms with van der Waals surface area (Å²) in [5.74, 6) is -0.251. The summed E-state index contributed by atoms with van der Waals surface area (Å²) >= 11 is 0. The molecule has 0 saturated heterocycles. The van der Waals surface area contributed by atoms with Crippen LogP contribution in [0.3, 0.4) is 0 Å². The van der Waals surface area contributed by atoms with Gasteiger partial charge in [-0.05, 0) is 12.8 Å². The van der Waals surface area contributed by atoms with Crippen LogP contribution in [-0.4, -0.2) is 22.8 Å². The summed E-state index contributed by atoms with van der Waals surface area (Å²) in [4.78, 5) is 11.8. The average molecular weight is 280 g/mol. The van der Waals surface area contributed by atoms with Crippen LogP contribution in [0.1, 0.15) is 81.3 Å². The number of aromatic nitrogens is 2. The molecule has 0 bridgehead atoms. The molecule has 4 heteroatoms. The van der Waals surface area contributed by atoms with Gasteiger partial charge in [0.2, 0.25) is 0 Å². The number of aromatic amines is 1. The molecule has 0 aromatic carbocycles. The molecule has 20 heavy (non-hydrogen) atoms. The number of H-pyrrole nitrogens is 1. The summed E-state index contributed by atoms with van der Waals surface area (Å²) in [6.07, 6.45) is 12.3. The van der Waals surface area contributed by atoms with E-state index in [1.165, 1.54) is 38.5 Å². The zero-order valence-electron chi connectivity index (χ0n) is 12.9. The number of esters is 1. The predicted molar refractivity (Wildman–Crippen MR) is 80.9 cm³/mol. The Labute approximate surface area is 122 Å². The van der Waals surface area contributed by atoms with Gasteiger partial charge in [0.15, 0.2) is 0 Å². The van der Waals surface area contributed by atoms with Crippen LogP contribution in [0.4, 0.5) is 0 Å². The minimum atomic E-state index is -0.251. The van der Waals surface area contributed by atoms with Gasteiger partial charge in [-0.3, -0.25) is 5.10 Å². The van der Waals surface area contributed by atoms with Gasteiger partial charge in [0.1, 0.15) is 5.56 Å². The Kier molecular flexibility index (Phi) is 8.76. The molecule has 0 fully saturated rings. The molecular weight excluding hydrogens is 252 g/mol. The number of nitrogens with one attached hydrogen (secondary N) is 1. The van der Waals surface area contributed by atoms with Crippen LogP contribution < -0.4 is 0 Å². The number of carbonyl (C=O) groups is 1. The van der Waals surface area contributed by atoms with Crippen molar-refractivity contribution >= 4 is 5.97 Å². The lowest BCUT2D eigenvalue weighted by Gasteiger charge is -2.05. The number of nitrogens with zero attached hydrogens (tertiary/aromatic N) is 1. The molecule has 1 N–H and O–H groups in total. The van der Waals surface area contributed by atoms with Gasteiger partial charge in [-0.25, -0.2) is 4.79 Å². The molecule has 0 aliphatic carbocycles. The van der Waals surface area contributed by atoms with E-state index in [1.54, 1.807) is 6.20 Å². The first kappa shape index (κ1) is 16.7. The van der Waals surface area contributed by atoms with E-state index in [1.807, 2.05) is 6.92 Å². The van der Waals surface area contributed by atoms with Crippen molar-refractivity contribution in [3.05, 3.63) is 17.5 Å². The molecular formula is C16H28N2O2. The summed E-state index contributed by atoms with van der Waals surface area (Å²) in [5.41, 5.74) is 1.43. The van der Waals surface area contributed by atoms with E-state index >= 15 is 0 Å². The normalized spacial score (nSPS) is 10.7. The van der Waals surface area contributed by atoms with E-state index in [2.05, 4.69) is 17.1 Å². The summed E-state index contributed by atoms with van der Waals surface area (Å²) in [6.45, 7) is 4.74. The van der Waals surface area contributed by atoms with Gasteiger partial charge in [0.25, 0.3) is 0 Å². The first-order valence-electron chi connectivity index (χ1n) is 7.99. The number of unbranched alkanes of at least 4 members (excludes halogenated alkanes) is 7. The van der Waals surface area contributed by atoms with E-state index in [0.29, 0.717) is 12.2 Å². The second-order valence-corrected chi connectivity index (χ2v) is 5.23. The Morgan fingerprint density at radius 1 is 1.10 bits per heavy atom. The summed E-state index contributed by atoms with van der Waals surface area (Å²) in [7, 11) is 0. The zero-order chi connectivity index (χ0) is 14.6. The molecule has 0 aliphatic heterocycles. The van der Waals surface area contributed by atoms with E-state index in [4.69, 9.17) is 4.74 Å². The van der Waals surface area contributed by atoms with Crippen LogP contribution in [0.15, 0.2) is 6.20 Å². The second kappa shape index (κ2) is 10.5. The third kappa shape index (κ3) is 6.22. The first-order chi connectivity index (χ1) is 9.79. The molecule has 0 spiro atoms. The van der Waals surface area contributed by atoms with Gasteiger partial charge in [0, 0.05) is 5.69 Å². The SMILES string of the molecule is CCCCCCCCCCOC(=O)c1cn[nH]c1CC. The number of carbonyl (C=O) groups excluding carboxylic acids is 1. The molecule has 1 aromatic heterocycles. The first-order valence-corrected chi connectivity index (χ1v) is 7.99. The Morgan fingerprint density at radius 2 is 1.75 bits per heavy atom. The van der Waals surface area contributed by atoms with Crippen LogP contribution in [0.25, 0.3) is 0 Å². The summed E-state index contributed by atoms with van der Waals surface area (Å²) in [5, 5.41) is 6.70. The number of hydrogen-bond acceptors (Lipinski definition) is 3. The van der Waals surface area contributed by atoms with Gasteiger partial charge in [-0.15, -0.1) is 0 Å². The quantitative estimate of drug-likeness (QED) is 0.486. The van der Waals surface area contributed by atoms with Crippen molar-refractivity contribution in [1.29, 1.82) is 0 Å². The van der Waals surface area contributed by atoms with Gasteiger partial charge >= 0.3 is 5.97 Å². The van der Waals surface area contributed by atoms with E-state index < -0.39 is 0 Å². The highest BCUT2D eigenvalue weighted by molar-refractivity contribution is 5.90. The van der Waals surface area contributed by atoms with Crippen molar-refractivity contribution in [3.63, 3.8) is 0 Å². The highest BCUT2D eigenvalue weighted by Gasteiger charge is 2.13. The average Bonchev–Trinajstić information content (AvgIpc) is 2.94. The predicted octanol–water partition coefficient (Wildman–Crippen LogP) is 4.27. The van der Waals surface area contributed by atoms with E-state index in [9.17, 15) is 4.79 Å². The van der Waals surface area contributed by atoms with Gasteiger partial charge < -0.3 is 4.74 Å². The van der Waals surface area contributed by atoms with Crippen LogP contribution in [-0.2, 0) is 11.2 Å². The third-order valence-electron chi connectivity index (χ3n) is 3.52. The van der Waals surface area contributed by atoms with Crippen LogP contribution in [0, 0.1) is 0 Å². The molecule has 0 saturated carbocycles. The third-order valence-corrected chi connectivity index (χ3v) is 3.52. The minimum Gasteiger partial charge on any atom is -0.462 e. The highest BCUT2D eigenvalue weighted by Crippen LogP contribution is 2.10. The molecule has 1 aromatic rings. The zero-order valence-corrected chi connectivity index (χ0v) is 12.9. The lowest BCUT2D eigenvalue weighted by Crippen LogP contribution is -2.07. The van der Waals surface area contributed by atoms with Crippen molar-refractivity contribution in [3.8, 4) is 0 Å². The van der Waals surface area contributed by atoms with Crippen molar-refractivity contribution < 1.29 is 9.53 Å². The van der Waals surface area contributed by atoms with Crippen molar-refractivity contribution in [2.24, 2.45) is 0 Å². The lowest BCUT2D eigenvalue weighted by atomic mass is 10.1. The maximum atomic E-state index is 11.8. The standard InChI is InChI=1S/C16H28N2O2/c1-3-5-6-7-8-9-10-11-12-20-16(19)14-13-17-18-15(14)4-2/h13H,3-12H2,1-2H3,(H,17,18). The largest absolute Gasteiger partial charge is 0.462 e. The highest BCUT2D eigenvalue weighted by atomic mass is 16.5. The monoisotopic (exact) mass is 280 g/mol. The van der Waals surface area contributed by atoms with E-state index in [-0.39, 0.29) is 5.97 Å². The second-order valence-electron chi connectivity index (χ2n) is 5.23. The van der Waals surface area contributed by atoms with E-state index in [0.717, 1.165) is 25.0 Å². The molecule has 1 heterocycles. The Hall–Kier alpha value is -1.32. The Morgan fingerprint density at radius 3 is 2.40 bits per heavy atom. The smallest absolute Gasteiger partial charge is 0.341 e. The number of aryl methyl sites for hydroxylation is 1. The Balaban J connectivity index is 2.02. The molecule has 0 atom stereocenters. The summed E-state index contributed by atoms with van der Waals surface area (Å²) < 4.78 is 5.28. The maximum Gasteiger partial charge on any atom is 0.341 e. The minimum absolute atomic E-state index is 0.251. The number of rotatable bonds is 11. The van der Waals surface area contributed by atoms with Crippen molar-refractivity contribution in [2.45, 2.75) is 71.6 Å². The Bertz CT molecular complexity index is 374. The molecule has 0 aliphatic rings. The topological polar surface area (TPSA) is 55.0 Å². The molecule has 0 unspecified atom stereocenters. The molecule has 4 nitrogen and oxygen atoms in total. The van der Waals surface area contributed by atoms with Crippen LogP contribution >= 0.6 is 0 Å². The molecule has 1 rings (SSSR count). The fourth-order valence-corrected chi connectivity index (χ4v) is 2.24. The number of hydrogen-bond donors (Lipinski definition) is 1. The van der Waals surface area contributed by atoms with Crippen LogP contribution in [0.2, 0.25) is 0 Å². The molecule has 0 radical (unpaired) electrons. The molecule has 0 amide bonds. The fraction of sp³-hybridized carbons (Fsp3) is 0.750. The van der Waals surface area contributed by atoms with Crippen molar-refractivity contribution in [1.82, 2.24) is 10.2 Å². The molecule has 114 valence electrons. The number of ether oxygens (including phenoxy) is 1. The van der Waals surface area contributed by atoms with Crippen LogP contribution in [0.5, 0.6) is 0 Å².